The zero-order valence-electron chi connectivity index (χ0n) is 49.6. The lowest BCUT2D eigenvalue weighted by Crippen LogP contribution is -2.30. The van der Waals surface area contributed by atoms with Crippen molar-refractivity contribution in [1.82, 2.24) is 19.9 Å². The minimum atomic E-state index is -2.41. The Morgan fingerprint density at radius 1 is 0.395 bits per heavy atom. The molecule has 12 rings (SSSR count). The van der Waals surface area contributed by atoms with Crippen LogP contribution in [-0.4, -0.2) is 19.9 Å². The maximum Gasteiger partial charge on any atom is 0.214 e. The van der Waals surface area contributed by atoms with E-state index < -0.39 is 12.7 Å². The van der Waals surface area contributed by atoms with Crippen molar-refractivity contribution in [2.24, 2.45) is 28.2 Å². The molecule has 8 nitrogen and oxygen atoms in total. The van der Waals surface area contributed by atoms with Crippen LogP contribution in [-0.2, 0) is 28.2 Å². The Kier molecular flexibility index (Phi) is 14.8. The quantitative estimate of drug-likeness (QED) is 0.156. The standard InChI is InChI=1S/2C17H19N2S.2C15H15N2S/c2*1-11(2)17-18-14-10-19(4)15(9-16(14)20-17)13-8-6-5-7-12(13)3;2*1-10-6-4-5-7-12(10)14-8-15-13(9-17(14)3)16-11(2)18-15/h2*5-11H,1-4H3;2*4-9H,1-3H3/q4*+1/i1D3,11D;;;. The van der Waals surface area contributed by atoms with Gasteiger partial charge >= 0.3 is 0 Å². The smallest absolute Gasteiger partial charge is 0.214 e. The fourth-order valence-corrected chi connectivity index (χ4v) is 12.8. The summed E-state index contributed by atoms with van der Waals surface area (Å²) < 4.78 is 44.2. The molecule has 4 aromatic carbocycles. The van der Waals surface area contributed by atoms with Gasteiger partial charge < -0.3 is 0 Å². The Labute approximate surface area is 469 Å². The summed E-state index contributed by atoms with van der Waals surface area (Å²) in [4.78, 5) is 18.2. The summed E-state index contributed by atoms with van der Waals surface area (Å²) in [6.45, 7) is 16.0. The van der Waals surface area contributed by atoms with Crippen LogP contribution >= 0.6 is 45.3 Å². The molecule has 1 atom stereocenters. The number of hydrogen-bond donors (Lipinski definition) is 0. The lowest BCUT2D eigenvalue weighted by molar-refractivity contribution is -0.659. The van der Waals surface area contributed by atoms with Crippen LogP contribution in [0.3, 0.4) is 0 Å². The molecule has 0 amide bonds. The fourth-order valence-electron chi connectivity index (χ4n) is 9.24. The van der Waals surface area contributed by atoms with Crippen molar-refractivity contribution >= 4 is 86.2 Å². The number of fused-ring (bicyclic) bond motifs is 4. The molecule has 0 spiro atoms. The van der Waals surface area contributed by atoms with Gasteiger partial charge in [-0.15, -0.1) is 45.3 Å². The van der Waals surface area contributed by atoms with Crippen molar-refractivity contribution < 1.29 is 23.8 Å². The molecule has 12 heteroatoms. The SMILES string of the molecule is Cc1ccccc1-c1cc2sc(C(C)C)nc2c[n+]1C.Cc1nc2c[n+](C)c(-c3ccccc3C)cc2s1.Cc1nc2c[n+](C)c(-c3ccccc3C)cc2s1.[2H]C([2H])([2H])C([2H])(C)c1nc2c[n+](C)c(-c3ccccc3C)cc2s1. The predicted octanol–water partition coefficient (Wildman–Crippen LogP) is 15.2. The number of aryl methyl sites for hydroxylation is 10. The minimum absolute atomic E-state index is 0.319. The van der Waals surface area contributed by atoms with Crippen LogP contribution in [0.2, 0.25) is 0 Å². The summed E-state index contributed by atoms with van der Waals surface area (Å²) in [5.41, 5.74) is 18.8. The molecule has 1 unspecified atom stereocenters. The fraction of sp³-hybridized carbons (Fsp3) is 0.250. The summed E-state index contributed by atoms with van der Waals surface area (Å²) in [6.07, 6.45) is 8.26. The van der Waals surface area contributed by atoms with Gasteiger partial charge in [0.15, 0.2) is 24.8 Å². The van der Waals surface area contributed by atoms with Gasteiger partial charge in [-0.3, -0.25) is 0 Å². The lowest BCUT2D eigenvalue weighted by atomic mass is 10.1. The molecule has 12 aromatic rings. The highest BCUT2D eigenvalue weighted by Crippen LogP contribution is 2.33. The molecule has 0 radical (unpaired) electrons. The highest BCUT2D eigenvalue weighted by molar-refractivity contribution is 7.19. The molecule has 0 N–H and O–H groups in total. The van der Waals surface area contributed by atoms with E-state index in [1.807, 2.05) is 36.0 Å². The molecule has 0 aliphatic rings. The van der Waals surface area contributed by atoms with Crippen molar-refractivity contribution in [2.75, 3.05) is 0 Å². The number of hydrogen-bond acceptors (Lipinski definition) is 8. The zero-order chi connectivity index (χ0) is 57.4. The highest BCUT2D eigenvalue weighted by atomic mass is 32.1. The van der Waals surface area contributed by atoms with Crippen LogP contribution in [0.25, 0.3) is 85.9 Å². The van der Waals surface area contributed by atoms with Gasteiger partial charge in [0.05, 0.1) is 38.8 Å². The normalized spacial score (nSPS) is 13.0. The van der Waals surface area contributed by atoms with E-state index in [4.69, 9.17) is 10.5 Å². The summed E-state index contributed by atoms with van der Waals surface area (Å²) in [5, 5.41) is 3.76. The monoisotopic (exact) mass is 1080 g/mol. The van der Waals surface area contributed by atoms with Gasteiger partial charge in [-0.25, -0.2) is 19.9 Å². The maximum absolute atomic E-state index is 8.24. The molecule has 0 aliphatic carbocycles. The van der Waals surface area contributed by atoms with Crippen molar-refractivity contribution in [3.8, 4) is 45.0 Å². The number of rotatable bonds is 6. The Morgan fingerprint density at radius 2 is 0.671 bits per heavy atom. The lowest BCUT2D eigenvalue weighted by Gasteiger charge is -2.03. The van der Waals surface area contributed by atoms with Gasteiger partial charge in [0.2, 0.25) is 22.8 Å². The van der Waals surface area contributed by atoms with Gasteiger partial charge in [-0.1, -0.05) is 100 Å². The predicted molar refractivity (Wildman–Crippen MR) is 322 cm³/mol. The molecule has 76 heavy (non-hydrogen) atoms. The molecule has 0 saturated carbocycles. The van der Waals surface area contributed by atoms with Crippen LogP contribution in [0.5, 0.6) is 0 Å². The van der Waals surface area contributed by atoms with E-state index in [0.29, 0.717) is 10.9 Å². The Bertz CT molecular complexity index is 4100. The van der Waals surface area contributed by atoms with Crippen LogP contribution in [0.4, 0.5) is 0 Å². The van der Waals surface area contributed by atoms with E-state index >= 15 is 0 Å². The molecular weight excluding hydrogens is 1010 g/mol. The minimum Gasteiger partial charge on any atom is -0.235 e. The van der Waals surface area contributed by atoms with Crippen LogP contribution in [0.1, 0.15) is 87.2 Å². The number of thiazole rings is 4. The largest absolute Gasteiger partial charge is 0.235 e. The topological polar surface area (TPSA) is 67.1 Å². The summed E-state index contributed by atoms with van der Waals surface area (Å²) >= 11 is 6.59. The second-order valence-electron chi connectivity index (χ2n) is 19.7. The van der Waals surface area contributed by atoms with Gasteiger partial charge in [0.1, 0.15) is 50.3 Å². The third-order valence-corrected chi connectivity index (χ3v) is 17.6. The molecule has 0 saturated heterocycles. The van der Waals surface area contributed by atoms with Crippen molar-refractivity contribution in [3.05, 3.63) is 188 Å². The summed E-state index contributed by atoms with van der Waals surface area (Å²) in [7, 11) is 8.20. The zero-order valence-corrected chi connectivity index (χ0v) is 48.9. The van der Waals surface area contributed by atoms with E-state index in [0.717, 1.165) is 48.0 Å². The Morgan fingerprint density at radius 3 is 0.974 bits per heavy atom. The molecule has 0 fully saturated rings. The molecule has 8 heterocycles. The molecular formula is C64H68N8S4+4. The first-order valence-electron chi connectivity index (χ1n) is 27.4. The number of pyridine rings is 4. The van der Waals surface area contributed by atoms with Gasteiger partial charge in [-0.2, -0.15) is 18.3 Å². The first-order chi connectivity index (χ1) is 38.0. The summed E-state index contributed by atoms with van der Waals surface area (Å²) in [6, 6.07) is 42.4. The number of aromatic nitrogens is 8. The van der Waals surface area contributed by atoms with E-state index in [1.165, 1.54) is 93.4 Å². The molecule has 8 aromatic heterocycles. The number of nitrogens with zero attached hydrogens (tertiary/aromatic N) is 8. The average Bonchev–Trinajstić information content (AvgIpc) is 4.30. The molecule has 384 valence electrons. The second-order valence-corrected chi connectivity index (χ2v) is 24.2. The second kappa shape index (κ2) is 23.1. The van der Waals surface area contributed by atoms with Crippen molar-refractivity contribution in [1.29, 1.82) is 0 Å². The Hall–Kier alpha value is -6.96. The number of benzene rings is 4. The van der Waals surface area contributed by atoms with Crippen molar-refractivity contribution in [2.45, 2.75) is 81.0 Å². The van der Waals surface area contributed by atoms with Gasteiger partial charge in [0.25, 0.3) is 0 Å². The highest BCUT2D eigenvalue weighted by Gasteiger charge is 2.21. The maximum atomic E-state index is 8.24. The molecule has 0 aliphatic heterocycles. The van der Waals surface area contributed by atoms with E-state index in [2.05, 4.69) is 227 Å². The first-order valence-corrected chi connectivity index (χ1v) is 28.6. The third-order valence-electron chi connectivity index (χ3n) is 13.3. The average molecular weight is 1080 g/mol. The third kappa shape index (κ3) is 11.9. The first kappa shape index (κ1) is 48.7. The van der Waals surface area contributed by atoms with Crippen LogP contribution in [0, 0.1) is 41.5 Å². The summed E-state index contributed by atoms with van der Waals surface area (Å²) in [5.74, 6) is -1.22. The van der Waals surface area contributed by atoms with Gasteiger partial charge in [0, 0.05) is 63.8 Å². The van der Waals surface area contributed by atoms with E-state index in [1.54, 1.807) is 34.0 Å². The Balaban J connectivity index is 0.000000130. The van der Waals surface area contributed by atoms with E-state index in [9.17, 15) is 0 Å². The van der Waals surface area contributed by atoms with Crippen LogP contribution in [0.15, 0.2) is 146 Å². The van der Waals surface area contributed by atoms with Gasteiger partial charge in [-0.05, 0) is 88.1 Å². The molecule has 0 bridgehead atoms. The van der Waals surface area contributed by atoms with Crippen molar-refractivity contribution in [3.63, 3.8) is 0 Å². The van der Waals surface area contributed by atoms with E-state index in [-0.39, 0.29) is 0 Å². The van der Waals surface area contributed by atoms with Crippen LogP contribution < -0.4 is 18.3 Å².